The Hall–Kier alpha value is -0.800. The Kier molecular flexibility index (Phi) is 5.56. The second kappa shape index (κ2) is 6.71. The third kappa shape index (κ3) is 4.81. The van der Waals surface area contributed by atoms with Gasteiger partial charge in [-0.3, -0.25) is 0 Å². The molecule has 0 aliphatic rings. The molecule has 1 N–H and O–H groups in total. The minimum absolute atomic E-state index is 0.247. The van der Waals surface area contributed by atoms with Crippen molar-refractivity contribution in [1.29, 1.82) is 0 Å². The van der Waals surface area contributed by atoms with Gasteiger partial charge >= 0.3 is 0 Å². The SMILES string of the molecule is Cc1ccc(C(C)NCCOCC(C)C)o1. The highest BCUT2D eigenvalue weighted by molar-refractivity contribution is 5.08. The fourth-order valence-electron chi connectivity index (χ4n) is 1.45. The molecule has 0 radical (unpaired) electrons. The summed E-state index contributed by atoms with van der Waals surface area (Å²) in [6.45, 7) is 10.8. The van der Waals surface area contributed by atoms with Crippen LogP contribution < -0.4 is 5.32 Å². The fraction of sp³-hybridized carbons (Fsp3) is 0.692. The van der Waals surface area contributed by atoms with Gasteiger partial charge in [-0.25, -0.2) is 0 Å². The molecule has 0 aliphatic carbocycles. The van der Waals surface area contributed by atoms with Crippen molar-refractivity contribution in [3.05, 3.63) is 23.7 Å². The Morgan fingerprint density at radius 2 is 2.06 bits per heavy atom. The van der Waals surface area contributed by atoms with Crippen molar-refractivity contribution in [3.63, 3.8) is 0 Å². The summed E-state index contributed by atoms with van der Waals surface area (Å²) in [5, 5.41) is 3.37. The molecule has 0 aliphatic heterocycles. The van der Waals surface area contributed by atoms with Crippen molar-refractivity contribution in [2.75, 3.05) is 19.8 Å². The third-order valence-electron chi connectivity index (χ3n) is 2.34. The third-order valence-corrected chi connectivity index (χ3v) is 2.34. The van der Waals surface area contributed by atoms with E-state index in [2.05, 4.69) is 26.1 Å². The molecule has 3 heteroatoms. The highest BCUT2D eigenvalue weighted by Gasteiger charge is 2.07. The predicted molar refractivity (Wildman–Crippen MR) is 65.5 cm³/mol. The molecule has 1 rings (SSSR count). The second-order valence-electron chi connectivity index (χ2n) is 4.59. The molecule has 0 fully saturated rings. The topological polar surface area (TPSA) is 34.4 Å². The Morgan fingerprint density at radius 3 is 2.62 bits per heavy atom. The van der Waals surface area contributed by atoms with E-state index in [-0.39, 0.29) is 6.04 Å². The van der Waals surface area contributed by atoms with Crippen molar-refractivity contribution < 1.29 is 9.15 Å². The van der Waals surface area contributed by atoms with E-state index in [4.69, 9.17) is 9.15 Å². The molecular weight excluding hydrogens is 202 g/mol. The molecule has 0 aromatic carbocycles. The van der Waals surface area contributed by atoms with Crippen LogP contribution in [-0.4, -0.2) is 19.8 Å². The lowest BCUT2D eigenvalue weighted by Gasteiger charge is -2.12. The van der Waals surface area contributed by atoms with E-state index in [0.717, 1.165) is 31.3 Å². The Labute approximate surface area is 98.2 Å². The van der Waals surface area contributed by atoms with Crippen molar-refractivity contribution >= 4 is 0 Å². The maximum atomic E-state index is 5.54. The second-order valence-corrected chi connectivity index (χ2v) is 4.59. The van der Waals surface area contributed by atoms with Crippen LogP contribution in [0.3, 0.4) is 0 Å². The van der Waals surface area contributed by atoms with Gasteiger partial charge in [0.1, 0.15) is 11.5 Å². The van der Waals surface area contributed by atoms with Gasteiger partial charge in [0.2, 0.25) is 0 Å². The van der Waals surface area contributed by atoms with E-state index in [1.165, 1.54) is 0 Å². The van der Waals surface area contributed by atoms with Gasteiger partial charge in [-0.15, -0.1) is 0 Å². The standard InChI is InChI=1S/C13H23NO2/c1-10(2)9-15-8-7-14-12(4)13-6-5-11(3)16-13/h5-6,10,12,14H,7-9H2,1-4H3. The summed E-state index contributed by atoms with van der Waals surface area (Å²) < 4.78 is 11.0. The molecule has 0 bridgehead atoms. The number of ether oxygens (including phenoxy) is 1. The first kappa shape index (κ1) is 13.3. The van der Waals surface area contributed by atoms with Gasteiger partial charge in [-0.1, -0.05) is 13.8 Å². The van der Waals surface area contributed by atoms with E-state index in [1.807, 2.05) is 19.1 Å². The van der Waals surface area contributed by atoms with E-state index in [9.17, 15) is 0 Å². The maximum Gasteiger partial charge on any atom is 0.120 e. The molecule has 0 amide bonds. The number of rotatable bonds is 7. The summed E-state index contributed by atoms with van der Waals surface area (Å²) in [5.41, 5.74) is 0. The molecule has 0 saturated heterocycles. The highest BCUT2D eigenvalue weighted by atomic mass is 16.5. The van der Waals surface area contributed by atoms with Gasteiger partial charge in [-0.2, -0.15) is 0 Å². The molecular formula is C13H23NO2. The average molecular weight is 225 g/mol. The number of furan rings is 1. The van der Waals surface area contributed by atoms with Gasteiger partial charge in [0.25, 0.3) is 0 Å². The van der Waals surface area contributed by atoms with Crippen LogP contribution in [-0.2, 0) is 4.74 Å². The molecule has 16 heavy (non-hydrogen) atoms. The van der Waals surface area contributed by atoms with E-state index < -0.39 is 0 Å². The summed E-state index contributed by atoms with van der Waals surface area (Å²) >= 11 is 0. The van der Waals surface area contributed by atoms with Gasteiger partial charge in [0, 0.05) is 13.2 Å². The predicted octanol–water partition coefficient (Wildman–Crippen LogP) is 2.91. The normalized spacial score (nSPS) is 13.3. The first-order chi connectivity index (χ1) is 7.59. The quantitative estimate of drug-likeness (QED) is 0.724. The zero-order chi connectivity index (χ0) is 12.0. The largest absolute Gasteiger partial charge is 0.465 e. The summed E-state index contributed by atoms with van der Waals surface area (Å²) in [5.74, 6) is 2.55. The van der Waals surface area contributed by atoms with Gasteiger partial charge in [-0.05, 0) is 31.9 Å². The van der Waals surface area contributed by atoms with Crippen molar-refractivity contribution in [3.8, 4) is 0 Å². The summed E-state index contributed by atoms with van der Waals surface area (Å²) in [6, 6.07) is 4.25. The highest BCUT2D eigenvalue weighted by Crippen LogP contribution is 2.14. The van der Waals surface area contributed by atoms with E-state index in [1.54, 1.807) is 0 Å². The Bertz CT molecular complexity index is 294. The summed E-state index contributed by atoms with van der Waals surface area (Å²) in [4.78, 5) is 0. The van der Waals surface area contributed by atoms with Crippen molar-refractivity contribution in [2.45, 2.75) is 33.7 Å². The zero-order valence-electron chi connectivity index (χ0n) is 10.7. The molecule has 1 aromatic rings. The number of hydrogen-bond donors (Lipinski definition) is 1. The van der Waals surface area contributed by atoms with Crippen molar-refractivity contribution in [2.24, 2.45) is 5.92 Å². The zero-order valence-corrected chi connectivity index (χ0v) is 10.7. The number of hydrogen-bond acceptors (Lipinski definition) is 3. The molecule has 1 heterocycles. The van der Waals surface area contributed by atoms with Gasteiger partial charge in [0.05, 0.1) is 12.6 Å². The van der Waals surface area contributed by atoms with Crippen LogP contribution in [0.25, 0.3) is 0 Å². The van der Waals surface area contributed by atoms with Crippen LogP contribution in [0.4, 0.5) is 0 Å². The van der Waals surface area contributed by atoms with Crippen LogP contribution in [0.5, 0.6) is 0 Å². The number of nitrogens with one attached hydrogen (secondary N) is 1. The maximum absolute atomic E-state index is 5.54. The smallest absolute Gasteiger partial charge is 0.120 e. The molecule has 1 unspecified atom stereocenters. The average Bonchev–Trinajstić information content (AvgIpc) is 2.63. The van der Waals surface area contributed by atoms with Gasteiger partial charge in [0.15, 0.2) is 0 Å². The lowest BCUT2D eigenvalue weighted by atomic mass is 10.2. The lowest BCUT2D eigenvalue weighted by Crippen LogP contribution is -2.23. The van der Waals surface area contributed by atoms with E-state index >= 15 is 0 Å². The summed E-state index contributed by atoms with van der Waals surface area (Å²) in [6.07, 6.45) is 0. The van der Waals surface area contributed by atoms with Crippen LogP contribution in [0.15, 0.2) is 16.5 Å². The van der Waals surface area contributed by atoms with Gasteiger partial charge < -0.3 is 14.5 Å². The van der Waals surface area contributed by atoms with Crippen molar-refractivity contribution in [1.82, 2.24) is 5.32 Å². The first-order valence-electron chi connectivity index (χ1n) is 5.97. The molecule has 92 valence electrons. The molecule has 1 atom stereocenters. The minimum atomic E-state index is 0.247. The summed E-state index contributed by atoms with van der Waals surface area (Å²) in [7, 11) is 0. The Balaban J connectivity index is 2.13. The molecule has 1 aromatic heterocycles. The van der Waals surface area contributed by atoms with E-state index in [0.29, 0.717) is 5.92 Å². The molecule has 3 nitrogen and oxygen atoms in total. The van der Waals surface area contributed by atoms with Crippen LogP contribution in [0.2, 0.25) is 0 Å². The first-order valence-corrected chi connectivity index (χ1v) is 5.97. The van der Waals surface area contributed by atoms with Crippen LogP contribution in [0, 0.1) is 12.8 Å². The molecule has 0 spiro atoms. The Morgan fingerprint density at radius 1 is 1.31 bits per heavy atom. The lowest BCUT2D eigenvalue weighted by molar-refractivity contribution is 0.110. The van der Waals surface area contributed by atoms with Crippen LogP contribution in [0.1, 0.15) is 38.3 Å². The monoisotopic (exact) mass is 225 g/mol. The minimum Gasteiger partial charge on any atom is -0.465 e. The number of aryl methyl sites for hydroxylation is 1. The van der Waals surface area contributed by atoms with Crippen LogP contribution >= 0.6 is 0 Å². The molecule has 0 saturated carbocycles. The fourth-order valence-corrected chi connectivity index (χ4v) is 1.45.